The average molecular weight is 414 g/mol. The van der Waals surface area contributed by atoms with Crippen LogP contribution in [0.25, 0.3) is 0 Å². The molecule has 3 aromatic rings. The Morgan fingerprint density at radius 1 is 1.18 bits per heavy atom. The number of methoxy groups -OCH3 is 1. The van der Waals surface area contributed by atoms with Gasteiger partial charge in [-0.15, -0.1) is 10.2 Å². The third-order valence-electron chi connectivity index (χ3n) is 3.78. The molecule has 0 atom stereocenters. The number of hydrogen-bond acceptors (Lipinski definition) is 6. The van der Waals surface area contributed by atoms with E-state index >= 15 is 0 Å². The lowest BCUT2D eigenvalue weighted by Gasteiger charge is -2.13. The van der Waals surface area contributed by atoms with E-state index in [1.54, 1.807) is 43.0 Å². The van der Waals surface area contributed by atoms with Gasteiger partial charge in [-0.3, -0.25) is 15.5 Å². The molecule has 0 spiro atoms. The Labute approximate surface area is 172 Å². The maximum absolute atomic E-state index is 12.4. The molecule has 0 saturated heterocycles. The van der Waals surface area contributed by atoms with Crippen LogP contribution in [0.2, 0.25) is 0 Å². The molecule has 0 aliphatic heterocycles. The Bertz CT molecular complexity index is 975. The normalized spacial score (nSPS) is 10.4. The topological polar surface area (TPSA) is 81.1 Å². The number of thiocarbonyl (C=S) groups is 1. The lowest BCUT2D eigenvalue weighted by atomic mass is 10.2. The van der Waals surface area contributed by atoms with E-state index in [0.29, 0.717) is 22.3 Å². The van der Waals surface area contributed by atoms with Crippen LogP contribution in [0.1, 0.15) is 21.7 Å². The average Bonchev–Trinajstić information content (AvgIpc) is 3.06. The van der Waals surface area contributed by atoms with Crippen LogP contribution < -0.4 is 15.5 Å². The highest BCUT2D eigenvalue weighted by Crippen LogP contribution is 2.20. The molecule has 1 aromatic heterocycles. The summed E-state index contributed by atoms with van der Waals surface area (Å²) in [6.07, 6.45) is 0. The molecule has 0 aliphatic rings. The number of nitrogens with zero attached hydrogens (tertiary/aromatic N) is 3. The third kappa shape index (κ3) is 5.08. The molecule has 7 nitrogen and oxygen atoms in total. The summed E-state index contributed by atoms with van der Waals surface area (Å²) in [5, 5.41) is 11.7. The van der Waals surface area contributed by atoms with Crippen LogP contribution in [0, 0.1) is 6.92 Å². The highest BCUT2D eigenvalue weighted by Gasteiger charge is 2.13. The first-order chi connectivity index (χ1) is 13.6. The van der Waals surface area contributed by atoms with Crippen molar-refractivity contribution in [2.75, 3.05) is 12.5 Å². The minimum atomic E-state index is -0.333. The summed E-state index contributed by atoms with van der Waals surface area (Å²) in [6.45, 7) is 1.80. The standard InChI is InChI=1S/C19H19N5O2S2/c1-13-21-22-19(28-12-14-7-4-3-5-8-14)24(13)23-18(27)20-17(25)15-9-6-10-16(11-15)26-2/h3-11H,12H2,1-2H3,(H2,20,23,25,27). The smallest absolute Gasteiger partial charge is 0.257 e. The van der Waals surface area contributed by atoms with Crippen molar-refractivity contribution >= 4 is 35.0 Å². The van der Waals surface area contributed by atoms with Gasteiger partial charge in [-0.2, -0.15) is 0 Å². The van der Waals surface area contributed by atoms with Gasteiger partial charge in [-0.1, -0.05) is 48.2 Å². The van der Waals surface area contributed by atoms with E-state index in [9.17, 15) is 4.79 Å². The van der Waals surface area contributed by atoms with Gasteiger partial charge in [0.05, 0.1) is 7.11 Å². The Kier molecular flexibility index (Phi) is 6.62. The van der Waals surface area contributed by atoms with Gasteiger partial charge in [0.2, 0.25) is 5.16 Å². The second kappa shape index (κ2) is 9.34. The van der Waals surface area contributed by atoms with Crippen LogP contribution in [-0.4, -0.2) is 33.0 Å². The van der Waals surface area contributed by atoms with Crippen LogP contribution in [-0.2, 0) is 5.75 Å². The largest absolute Gasteiger partial charge is 0.497 e. The van der Waals surface area contributed by atoms with Gasteiger partial charge >= 0.3 is 0 Å². The Balaban J connectivity index is 1.63. The Hall–Kier alpha value is -2.91. The van der Waals surface area contributed by atoms with E-state index in [1.165, 1.54) is 17.3 Å². The second-order valence-corrected chi connectivity index (χ2v) is 7.12. The molecule has 0 unspecified atom stereocenters. The fourth-order valence-corrected chi connectivity index (χ4v) is 3.43. The summed E-state index contributed by atoms with van der Waals surface area (Å²) in [4.78, 5) is 12.4. The van der Waals surface area contributed by atoms with Crippen molar-refractivity contribution in [1.82, 2.24) is 20.2 Å². The van der Waals surface area contributed by atoms with Crippen LogP contribution in [0.3, 0.4) is 0 Å². The Morgan fingerprint density at radius 3 is 2.71 bits per heavy atom. The van der Waals surface area contributed by atoms with Crippen molar-refractivity contribution in [3.05, 3.63) is 71.5 Å². The number of aromatic nitrogens is 3. The number of carbonyl (C=O) groups is 1. The van der Waals surface area contributed by atoms with Crippen LogP contribution >= 0.6 is 24.0 Å². The lowest BCUT2D eigenvalue weighted by molar-refractivity contribution is 0.0977. The van der Waals surface area contributed by atoms with Gasteiger partial charge in [-0.25, -0.2) is 4.68 Å². The van der Waals surface area contributed by atoms with Crippen molar-refractivity contribution < 1.29 is 9.53 Å². The molecule has 1 heterocycles. The van der Waals surface area contributed by atoms with Crippen molar-refractivity contribution in [3.8, 4) is 5.75 Å². The first-order valence-electron chi connectivity index (χ1n) is 8.42. The summed E-state index contributed by atoms with van der Waals surface area (Å²) in [5.41, 5.74) is 4.58. The molecule has 1 amide bonds. The molecule has 2 aromatic carbocycles. The number of aryl methyl sites for hydroxylation is 1. The minimum absolute atomic E-state index is 0.150. The van der Waals surface area contributed by atoms with E-state index in [-0.39, 0.29) is 11.0 Å². The highest BCUT2D eigenvalue weighted by atomic mass is 32.2. The predicted octanol–water partition coefficient (Wildman–Crippen LogP) is 3.15. The van der Waals surface area contributed by atoms with Gasteiger partial charge in [0.1, 0.15) is 11.6 Å². The van der Waals surface area contributed by atoms with E-state index in [2.05, 4.69) is 20.9 Å². The molecule has 0 bridgehead atoms. The fraction of sp³-hybridized carbons (Fsp3) is 0.158. The summed E-state index contributed by atoms with van der Waals surface area (Å²) >= 11 is 6.80. The van der Waals surface area contributed by atoms with E-state index in [0.717, 1.165) is 5.75 Å². The second-order valence-electron chi connectivity index (χ2n) is 5.77. The predicted molar refractivity (Wildman–Crippen MR) is 113 cm³/mol. The number of ether oxygens (including phenoxy) is 1. The van der Waals surface area contributed by atoms with Crippen molar-refractivity contribution in [1.29, 1.82) is 0 Å². The highest BCUT2D eigenvalue weighted by molar-refractivity contribution is 7.98. The van der Waals surface area contributed by atoms with Gasteiger partial charge in [0.15, 0.2) is 5.11 Å². The number of thioether (sulfide) groups is 1. The zero-order valence-corrected chi connectivity index (χ0v) is 17.0. The SMILES string of the molecule is COc1cccc(C(=O)NC(=S)Nn2c(C)nnc2SCc2ccccc2)c1. The first-order valence-corrected chi connectivity index (χ1v) is 9.81. The number of hydrogen-bond donors (Lipinski definition) is 2. The van der Waals surface area contributed by atoms with Crippen molar-refractivity contribution in [2.24, 2.45) is 0 Å². The Morgan fingerprint density at radius 2 is 1.96 bits per heavy atom. The van der Waals surface area contributed by atoms with E-state index in [1.807, 2.05) is 30.3 Å². The number of benzene rings is 2. The summed E-state index contributed by atoms with van der Waals surface area (Å²) in [6, 6.07) is 16.9. The molecule has 0 aliphatic carbocycles. The number of rotatable bonds is 6. The lowest BCUT2D eigenvalue weighted by Crippen LogP contribution is -2.38. The van der Waals surface area contributed by atoms with Gasteiger partial charge < -0.3 is 4.74 Å². The molecule has 3 rings (SSSR count). The molecule has 28 heavy (non-hydrogen) atoms. The molecule has 2 N–H and O–H groups in total. The van der Waals surface area contributed by atoms with Gasteiger partial charge in [-0.05, 0) is 42.9 Å². The monoisotopic (exact) mass is 413 g/mol. The van der Waals surface area contributed by atoms with Crippen LogP contribution in [0.15, 0.2) is 59.8 Å². The molecule has 0 saturated carbocycles. The third-order valence-corrected chi connectivity index (χ3v) is 4.97. The minimum Gasteiger partial charge on any atom is -0.497 e. The molecular weight excluding hydrogens is 394 g/mol. The fourth-order valence-electron chi connectivity index (χ4n) is 2.36. The maximum Gasteiger partial charge on any atom is 0.257 e. The van der Waals surface area contributed by atoms with Crippen molar-refractivity contribution in [2.45, 2.75) is 17.8 Å². The number of carbonyl (C=O) groups excluding carboxylic acids is 1. The number of amides is 1. The van der Waals surface area contributed by atoms with Gasteiger partial charge in [0, 0.05) is 11.3 Å². The zero-order valence-electron chi connectivity index (χ0n) is 15.4. The number of nitrogens with one attached hydrogen (secondary N) is 2. The van der Waals surface area contributed by atoms with E-state index < -0.39 is 0 Å². The maximum atomic E-state index is 12.4. The summed E-state index contributed by atoms with van der Waals surface area (Å²) in [5.74, 6) is 1.64. The quantitative estimate of drug-likeness (QED) is 0.475. The molecule has 9 heteroatoms. The summed E-state index contributed by atoms with van der Waals surface area (Å²) in [7, 11) is 1.55. The zero-order chi connectivity index (χ0) is 19.9. The van der Waals surface area contributed by atoms with Gasteiger partial charge in [0.25, 0.3) is 5.91 Å². The van der Waals surface area contributed by atoms with E-state index in [4.69, 9.17) is 17.0 Å². The molecule has 0 fully saturated rings. The van der Waals surface area contributed by atoms with Crippen LogP contribution in [0.5, 0.6) is 5.75 Å². The molecule has 0 radical (unpaired) electrons. The van der Waals surface area contributed by atoms with Crippen LogP contribution in [0.4, 0.5) is 0 Å². The van der Waals surface area contributed by atoms with Crippen molar-refractivity contribution in [3.63, 3.8) is 0 Å². The molecule has 144 valence electrons. The molecular formula is C19H19N5O2S2. The summed E-state index contributed by atoms with van der Waals surface area (Å²) < 4.78 is 6.79. The first kappa shape index (κ1) is 19.8.